The molecule has 140 valence electrons. The van der Waals surface area contributed by atoms with Gasteiger partial charge in [-0.05, 0) is 71.1 Å². The molecule has 0 saturated carbocycles. The summed E-state index contributed by atoms with van der Waals surface area (Å²) < 4.78 is 28.6. The molecule has 0 aliphatic carbocycles. The van der Waals surface area contributed by atoms with Crippen molar-refractivity contribution in [2.45, 2.75) is 104 Å². The largest absolute Gasteiger partial charge is 0.390 e. The van der Waals surface area contributed by atoms with Gasteiger partial charge in [-0.25, -0.2) is 0 Å². The number of hydrogen-bond acceptors (Lipinski definition) is 3. The first-order chi connectivity index (χ1) is 10.3. The van der Waals surface area contributed by atoms with Crippen LogP contribution in [-0.4, -0.2) is 34.1 Å². The molecule has 0 aromatic carbocycles. The molecule has 0 amide bonds. The summed E-state index contributed by atoms with van der Waals surface area (Å²) >= 11 is 0. The van der Waals surface area contributed by atoms with Gasteiger partial charge in [0.2, 0.25) is 0 Å². The van der Waals surface area contributed by atoms with E-state index in [9.17, 15) is 19.0 Å². The summed E-state index contributed by atoms with van der Waals surface area (Å²) in [5.41, 5.74) is -1.57. The maximum Gasteiger partial charge on any atom is 0.345 e. The van der Waals surface area contributed by atoms with Crippen molar-refractivity contribution >= 4 is 0 Å². The first-order valence-corrected chi connectivity index (χ1v) is 8.71. The Morgan fingerprint density at radius 2 is 1.35 bits per heavy atom. The first kappa shape index (κ1) is 22.7. The van der Waals surface area contributed by atoms with Crippen molar-refractivity contribution in [3.8, 4) is 0 Å². The van der Waals surface area contributed by atoms with E-state index in [1.165, 1.54) is 0 Å². The molecule has 23 heavy (non-hydrogen) atoms. The summed E-state index contributed by atoms with van der Waals surface area (Å²) in [7, 11) is 0. The van der Waals surface area contributed by atoms with Crippen LogP contribution in [0, 0.1) is 11.8 Å². The van der Waals surface area contributed by atoms with E-state index >= 15 is 0 Å². The zero-order chi connectivity index (χ0) is 18.3. The molecule has 0 aromatic rings. The summed E-state index contributed by atoms with van der Waals surface area (Å²) in [5, 5.41) is 20.8. The van der Waals surface area contributed by atoms with Gasteiger partial charge < -0.3 is 14.9 Å². The Kier molecular flexibility index (Phi) is 9.78. The zero-order valence-corrected chi connectivity index (χ0v) is 15.6. The molecule has 0 saturated heterocycles. The number of aliphatic hydroxyl groups is 2. The predicted octanol–water partition coefficient (Wildman–Crippen LogP) is 4.75. The fourth-order valence-electron chi connectivity index (χ4n) is 3.25. The topological polar surface area (TPSA) is 49.7 Å². The summed E-state index contributed by atoms with van der Waals surface area (Å²) in [6.45, 7) is 8.66. The lowest BCUT2D eigenvalue weighted by molar-refractivity contribution is -0.162. The number of rotatable bonds is 12. The van der Waals surface area contributed by atoms with Gasteiger partial charge in [0.1, 0.15) is 0 Å². The Morgan fingerprint density at radius 3 is 1.83 bits per heavy atom. The van der Waals surface area contributed by atoms with E-state index in [0.29, 0.717) is 31.6 Å². The van der Waals surface area contributed by atoms with E-state index < -0.39 is 23.9 Å². The number of halogens is 2. The molecule has 0 heterocycles. The van der Waals surface area contributed by atoms with Crippen molar-refractivity contribution in [1.82, 2.24) is 0 Å². The Balaban J connectivity index is 4.18. The average molecular weight is 338 g/mol. The fourth-order valence-corrected chi connectivity index (χ4v) is 3.25. The van der Waals surface area contributed by atoms with E-state index in [4.69, 9.17) is 0 Å². The zero-order valence-electron chi connectivity index (χ0n) is 15.6. The second-order valence-electron chi connectivity index (χ2n) is 8.19. The van der Waals surface area contributed by atoms with Crippen LogP contribution >= 0.6 is 0 Å². The Morgan fingerprint density at radius 1 is 0.870 bits per heavy atom. The number of alkyl halides is 2. The van der Waals surface area contributed by atoms with Gasteiger partial charge in [-0.2, -0.15) is 8.78 Å². The third kappa shape index (κ3) is 12.8. The monoisotopic (exact) mass is 338 g/mol. The maximum absolute atomic E-state index is 12.1. The fraction of sp³-hybridized carbons (Fsp3) is 1.00. The molecule has 0 fully saturated rings. The third-order valence-corrected chi connectivity index (χ3v) is 4.24. The normalized spacial score (nSPS) is 20.3. The van der Waals surface area contributed by atoms with Gasteiger partial charge in [0, 0.05) is 0 Å². The Hall–Kier alpha value is -0.260. The molecule has 2 N–H and O–H groups in total. The second-order valence-corrected chi connectivity index (χ2v) is 8.19. The van der Waals surface area contributed by atoms with Crippen LogP contribution in [0.5, 0.6) is 0 Å². The highest BCUT2D eigenvalue weighted by Gasteiger charge is 2.27. The third-order valence-electron chi connectivity index (χ3n) is 4.24. The van der Waals surface area contributed by atoms with Crippen molar-refractivity contribution in [3.63, 3.8) is 0 Å². The molecular formula is C18H36F2O3. The van der Waals surface area contributed by atoms with Crippen molar-refractivity contribution in [3.05, 3.63) is 0 Å². The van der Waals surface area contributed by atoms with E-state index in [1.54, 1.807) is 13.8 Å². The summed E-state index contributed by atoms with van der Waals surface area (Å²) in [6.07, 6.45) is 3.14. The van der Waals surface area contributed by atoms with Crippen LogP contribution in [-0.2, 0) is 4.74 Å². The lowest BCUT2D eigenvalue weighted by Crippen LogP contribution is -2.31. The number of hydrogen-bond donors (Lipinski definition) is 2. The summed E-state index contributed by atoms with van der Waals surface area (Å²) in [6, 6.07) is 0. The van der Waals surface area contributed by atoms with Gasteiger partial charge in [0.05, 0.1) is 17.3 Å². The minimum Gasteiger partial charge on any atom is -0.390 e. The van der Waals surface area contributed by atoms with Crippen molar-refractivity contribution < 1.29 is 23.7 Å². The molecule has 0 aliphatic rings. The molecule has 0 spiro atoms. The van der Waals surface area contributed by atoms with E-state index in [-0.39, 0.29) is 5.92 Å². The lowest BCUT2D eigenvalue weighted by Gasteiger charge is -2.30. The molecule has 4 atom stereocenters. The minimum absolute atomic E-state index is 0.259. The highest BCUT2D eigenvalue weighted by atomic mass is 19.3. The average Bonchev–Trinajstić information content (AvgIpc) is 2.31. The molecule has 4 unspecified atom stereocenters. The van der Waals surface area contributed by atoms with Crippen LogP contribution in [0.25, 0.3) is 0 Å². The Bertz CT molecular complexity index is 317. The maximum atomic E-state index is 12.1. The molecule has 0 bridgehead atoms. The van der Waals surface area contributed by atoms with Gasteiger partial charge >= 0.3 is 6.61 Å². The summed E-state index contributed by atoms with van der Waals surface area (Å²) in [5.74, 6) is 0.703. The molecular weight excluding hydrogens is 302 g/mol. The van der Waals surface area contributed by atoms with Crippen LogP contribution in [0.3, 0.4) is 0 Å². The summed E-state index contributed by atoms with van der Waals surface area (Å²) in [4.78, 5) is 0. The van der Waals surface area contributed by atoms with Crippen LogP contribution in [0.1, 0.15) is 80.1 Å². The first-order valence-electron chi connectivity index (χ1n) is 8.71. The van der Waals surface area contributed by atoms with Gasteiger partial charge in [-0.3, -0.25) is 0 Å². The smallest absolute Gasteiger partial charge is 0.345 e. The van der Waals surface area contributed by atoms with Gasteiger partial charge in [0.25, 0.3) is 0 Å². The van der Waals surface area contributed by atoms with Crippen LogP contribution in [0.2, 0.25) is 0 Å². The van der Waals surface area contributed by atoms with Crippen LogP contribution in [0.15, 0.2) is 0 Å². The standard InChI is InChI=1S/C18H36F2O3/c1-13(2)11-17(5,21)9-7-14(3)12-18(6,22)10-8-15(4)23-16(19)20/h13-16,21-22H,7-12H2,1-6H3. The molecule has 0 aromatic heterocycles. The minimum atomic E-state index is -2.77. The van der Waals surface area contributed by atoms with Gasteiger partial charge in [0.15, 0.2) is 0 Å². The van der Waals surface area contributed by atoms with Gasteiger partial charge in [-0.15, -0.1) is 0 Å². The van der Waals surface area contributed by atoms with E-state index in [2.05, 4.69) is 25.5 Å². The lowest BCUT2D eigenvalue weighted by atomic mass is 9.82. The van der Waals surface area contributed by atoms with Gasteiger partial charge in [-0.1, -0.05) is 20.8 Å². The highest BCUT2D eigenvalue weighted by Crippen LogP contribution is 2.29. The van der Waals surface area contributed by atoms with Crippen LogP contribution in [0.4, 0.5) is 8.78 Å². The number of ether oxygens (including phenoxy) is 1. The van der Waals surface area contributed by atoms with Crippen molar-refractivity contribution in [2.24, 2.45) is 11.8 Å². The second kappa shape index (κ2) is 9.90. The van der Waals surface area contributed by atoms with Crippen LogP contribution < -0.4 is 0 Å². The van der Waals surface area contributed by atoms with E-state index in [1.807, 2.05) is 6.92 Å². The predicted molar refractivity (Wildman–Crippen MR) is 89.5 cm³/mol. The van der Waals surface area contributed by atoms with E-state index in [0.717, 1.165) is 12.8 Å². The van der Waals surface area contributed by atoms with Crippen molar-refractivity contribution in [1.29, 1.82) is 0 Å². The molecule has 5 heteroatoms. The highest BCUT2D eigenvalue weighted by molar-refractivity contribution is 4.80. The molecule has 3 nitrogen and oxygen atoms in total. The van der Waals surface area contributed by atoms with Crippen molar-refractivity contribution in [2.75, 3.05) is 0 Å². The SMILES string of the molecule is CC(C)CC(C)(O)CCC(C)CC(C)(O)CCC(C)OC(F)F. The molecule has 0 radical (unpaired) electrons. The Labute approximate surface area is 140 Å². The molecule has 0 aliphatic heterocycles. The molecule has 0 rings (SSSR count). The quantitative estimate of drug-likeness (QED) is 0.540.